The van der Waals surface area contributed by atoms with Crippen LogP contribution in [0.2, 0.25) is 0 Å². The highest BCUT2D eigenvalue weighted by atomic mass is 16.3. The lowest BCUT2D eigenvalue weighted by Crippen LogP contribution is -1.86. The molecule has 1 heterocycles. The van der Waals surface area contributed by atoms with Crippen molar-refractivity contribution in [1.82, 2.24) is 0 Å². The number of carbonyl (C=O) groups is 1. The van der Waals surface area contributed by atoms with Crippen LogP contribution in [0.5, 0.6) is 0 Å². The van der Waals surface area contributed by atoms with Gasteiger partial charge >= 0.3 is 0 Å². The lowest BCUT2D eigenvalue weighted by Gasteiger charge is -2.08. The van der Waals surface area contributed by atoms with E-state index >= 15 is 0 Å². The molecule has 0 fully saturated rings. The SMILES string of the molecule is O=Cc1cccc(-c2ccccc2-c2cc(-c3ccccc3)c(-c3ccccc3)o2)c1. The third-order valence-electron chi connectivity index (χ3n) is 5.38. The van der Waals surface area contributed by atoms with Crippen molar-refractivity contribution in [2.24, 2.45) is 0 Å². The van der Waals surface area contributed by atoms with Crippen molar-refractivity contribution >= 4 is 6.29 Å². The fourth-order valence-electron chi connectivity index (χ4n) is 3.89. The molecular formula is C29H20O2. The van der Waals surface area contributed by atoms with Gasteiger partial charge in [0.1, 0.15) is 17.8 Å². The zero-order valence-corrected chi connectivity index (χ0v) is 16.9. The van der Waals surface area contributed by atoms with E-state index in [2.05, 4.69) is 42.5 Å². The minimum atomic E-state index is 0.654. The van der Waals surface area contributed by atoms with Gasteiger partial charge in [0, 0.05) is 22.3 Å². The molecule has 0 N–H and O–H groups in total. The Balaban J connectivity index is 1.71. The zero-order chi connectivity index (χ0) is 21.0. The smallest absolute Gasteiger partial charge is 0.150 e. The third kappa shape index (κ3) is 3.72. The van der Waals surface area contributed by atoms with Gasteiger partial charge in [-0.2, -0.15) is 0 Å². The van der Waals surface area contributed by atoms with Gasteiger partial charge in [0.15, 0.2) is 0 Å². The summed E-state index contributed by atoms with van der Waals surface area (Å²) >= 11 is 0. The fraction of sp³-hybridized carbons (Fsp3) is 0. The summed E-state index contributed by atoms with van der Waals surface area (Å²) in [6.07, 6.45) is 0.875. The van der Waals surface area contributed by atoms with Crippen LogP contribution < -0.4 is 0 Å². The van der Waals surface area contributed by atoms with E-state index in [1.165, 1.54) is 0 Å². The van der Waals surface area contributed by atoms with Crippen LogP contribution in [-0.2, 0) is 0 Å². The van der Waals surface area contributed by atoms with Crippen molar-refractivity contribution in [2.45, 2.75) is 0 Å². The van der Waals surface area contributed by atoms with E-state index in [0.29, 0.717) is 5.56 Å². The fourth-order valence-corrected chi connectivity index (χ4v) is 3.89. The van der Waals surface area contributed by atoms with Crippen molar-refractivity contribution in [3.8, 4) is 44.9 Å². The molecule has 0 unspecified atom stereocenters. The molecule has 1 aromatic heterocycles. The molecule has 0 radical (unpaired) electrons. The third-order valence-corrected chi connectivity index (χ3v) is 5.38. The molecule has 4 aromatic carbocycles. The molecule has 5 aromatic rings. The second-order valence-corrected chi connectivity index (χ2v) is 7.37. The van der Waals surface area contributed by atoms with Gasteiger partial charge in [0.25, 0.3) is 0 Å². The maximum atomic E-state index is 11.3. The van der Waals surface area contributed by atoms with Crippen LogP contribution >= 0.6 is 0 Å². The first-order chi connectivity index (χ1) is 15.3. The molecule has 0 saturated carbocycles. The van der Waals surface area contributed by atoms with Crippen LogP contribution in [0, 0.1) is 0 Å². The van der Waals surface area contributed by atoms with Crippen molar-refractivity contribution in [1.29, 1.82) is 0 Å². The first-order valence-electron chi connectivity index (χ1n) is 10.2. The van der Waals surface area contributed by atoms with Crippen LogP contribution in [-0.4, -0.2) is 6.29 Å². The number of hydrogen-bond acceptors (Lipinski definition) is 2. The molecule has 5 rings (SSSR count). The van der Waals surface area contributed by atoms with Gasteiger partial charge < -0.3 is 4.42 Å². The second kappa shape index (κ2) is 8.29. The molecule has 148 valence electrons. The van der Waals surface area contributed by atoms with E-state index in [0.717, 1.165) is 51.2 Å². The summed E-state index contributed by atoms with van der Waals surface area (Å²) in [5.74, 6) is 1.64. The lowest BCUT2D eigenvalue weighted by molar-refractivity contribution is 0.112. The number of hydrogen-bond donors (Lipinski definition) is 0. The second-order valence-electron chi connectivity index (χ2n) is 7.37. The van der Waals surface area contributed by atoms with Gasteiger partial charge in [-0.25, -0.2) is 0 Å². The minimum absolute atomic E-state index is 0.654. The van der Waals surface area contributed by atoms with Gasteiger partial charge in [-0.05, 0) is 28.8 Å². The molecular weight excluding hydrogens is 380 g/mol. The Bertz CT molecular complexity index is 1270. The van der Waals surface area contributed by atoms with E-state index in [-0.39, 0.29) is 0 Å². The largest absolute Gasteiger partial charge is 0.455 e. The normalized spacial score (nSPS) is 10.7. The van der Waals surface area contributed by atoms with Gasteiger partial charge in [-0.3, -0.25) is 4.79 Å². The summed E-state index contributed by atoms with van der Waals surface area (Å²) in [4.78, 5) is 11.3. The van der Waals surface area contributed by atoms with Crippen LogP contribution in [0.25, 0.3) is 44.9 Å². The average molecular weight is 400 g/mol. The van der Waals surface area contributed by atoms with Gasteiger partial charge in [0.2, 0.25) is 0 Å². The minimum Gasteiger partial charge on any atom is -0.455 e. The standard InChI is InChI=1S/C29H20O2/c30-20-21-10-9-15-24(18-21)25-16-7-8-17-26(25)28-19-27(22-11-3-1-4-12-22)29(31-28)23-13-5-2-6-14-23/h1-20H. The molecule has 0 bridgehead atoms. The Morgan fingerprint density at radius 2 is 1.13 bits per heavy atom. The number of carbonyl (C=O) groups excluding carboxylic acids is 1. The summed E-state index contributed by atoms with van der Waals surface area (Å²) in [5.41, 5.74) is 6.85. The molecule has 0 aliphatic rings. The molecule has 0 atom stereocenters. The zero-order valence-electron chi connectivity index (χ0n) is 16.9. The molecule has 0 aliphatic carbocycles. The molecule has 0 aliphatic heterocycles. The van der Waals surface area contributed by atoms with Crippen LogP contribution in [0.3, 0.4) is 0 Å². The number of aldehydes is 1. The first kappa shape index (κ1) is 18.8. The number of rotatable bonds is 5. The maximum Gasteiger partial charge on any atom is 0.150 e. The van der Waals surface area contributed by atoms with E-state index in [1.54, 1.807) is 0 Å². The Morgan fingerprint density at radius 3 is 1.84 bits per heavy atom. The van der Waals surface area contributed by atoms with Crippen LogP contribution in [0.1, 0.15) is 10.4 Å². The Labute approximate surface area is 181 Å². The first-order valence-corrected chi connectivity index (χ1v) is 10.2. The summed E-state index contributed by atoms with van der Waals surface area (Å²) in [6, 6.07) is 38.3. The highest BCUT2D eigenvalue weighted by Crippen LogP contribution is 2.41. The summed E-state index contributed by atoms with van der Waals surface area (Å²) in [5, 5.41) is 0. The lowest BCUT2D eigenvalue weighted by atomic mass is 9.96. The van der Waals surface area contributed by atoms with Crippen molar-refractivity contribution in [3.05, 3.63) is 121 Å². The Morgan fingerprint density at radius 1 is 0.516 bits per heavy atom. The maximum absolute atomic E-state index is 11.3. The topological polar surface area (TPSA) is 30.2 Å². The average Bonchev–Trinajstić information content (AvgIpc) is 3.31. The molecule has 2 heteroatoms. The highest BCUT2D eigenvalue weighted by molar-refractivity contribution is 5.89. The predicted octanol–water partition coefficient (Wildman–Crippen LogP) is 7.76. The Hall–Kier alpha value is -4.17. The molecule has 0 spiro atoms. The number of benzene rings is 4. The molecule has 31 heavy (non-hydrogen) atoms. The molecule has 0 saturated heterocycles. The molecule has 2 nitrogen and oxygen atoms in total. The van der Waals surface area contributed by atoms with Gasteiger partial charge in [-0.1, -0.05) is 103 Å². The monoisotopic (exact) mass is 400 g/mol. The predicted molar refractivity (Wildman–Crippen MR) is 126 cm³/mol. The molecule has 0 amide bonds. The van der Waals surface area contributed by atoms with Crippen molar-refractivity contribution in [3.63, 3.8) is 0 Å². The van der Waals surface area contributed by atoms with E-state index < -0.39 is 0 Å². The van der Waals surface area contributed by atoms with Crippen LogP contribution in [0.4, 0.5) is 0 Å². The van der Waals surface area contributed by atoms with Crippen LogP contribution in [0.15, 0.2) is 120 Å². The summed E-state index contributed by atoms with van der Waals surface area (Å²) < 4.78 is 6.49. The summed E-state index contributed by atoms with van der Waals surface area (Å²) in [7, 11) is 0. The van der Waals surface area contributed by atoms with Crippen molar-refractivity contribution in [2.75, 3.05) is 0 Å². The van der Waals surface area contributed by atoms with Gasteiger partial charge in [0.05, 0.1) is 0 Å². The van der Waals surface area contributed by atoms with Crippen molar-refractivity contribution < 1.29 is 9.21 Å². The van der Waals surface area contributed by atoms with E-state index in [4.69, 9.17) is 4.42 Å². The quantitative estimate of drug-likeness (QED) is 0.282. The van der Waals surface area contributed by atoms with E-state index in [9.17, 15) is 4.79 Å². The number of furan rings is 1. The van der Waals surface area contributed by atoms with E-state index in [1.807, 2.05) is 72.8 Å². The summed E-state index contributed by atoms with van der Waals surface area (Å²) in [6.45, 7) is 0. The highest BCUT2D eigenvalue weighted by Gasteiger charge is 2.18. The Kier molecular flexibility index (Phi) is 5.04. The van der Waals surface area contributed by atoms with Gasteiger partial charge in [-0.15, -0.1) is 0 Å².